The van der Waals surface area contributed by atoms with Crippen molar-refractivity contribution in [3.05, 3.63) is 58.4 Å². The molecule has 25 heavy (non-hydrogen) atoms. The first-order valence-electron chi connectivity index (χ1n) is 7.49. The van der Waals surface area contributed by atoms with Crippen LogP contribution in [0.2, 0.25) is 5.02 Å². The minimum atomic E-state index is -4.43. The molecule has 4 nitrogen and oxygen atoms in total. The van der Waals surface area contributed by atoms with Crippen molar-refractivity contribution in [2.75, 3.05) is 6.61 Å². The second-order valence-corrected chi connectivity index (χ2v) is 6.14. The first-order valence-corrected chi connectivity index (χ1v) is 7.87. The van der Waals surface area contributed by atoms with Gasteiger partial charge in [0.05, 0.1) is 11.1 Å². The maximum atomic E-state index is 12.5. The average molecular weight is 371 g/mol. The van der Waals surface area contributed by atoms with Crippen LogP contribution in [0.3, 0.4) is 0 Å². The highest BCUT2D eigenvalue weighted by Gasteiger charge is 2.32. The maximum Gasteiger partial charge on any atom is 0.422 e. The third-order valence-corrected chi connectivity index (χ3v) is 4.33. The average Bonchev–Trinajstić information content (AvgIpc) is 2.89. The van der Waals surface area contributed by atoms with Crippen molar-refractivity contribution in [1.29, 1.82) is 0 Å². The van der Waals surface area contributed by atoms with E-state index < -0.39 is 12.8 Å². The lowest BCUT2D eigenvalue weighted by Gasteiger charge is -2.25. The highest BCUT2D eigenvalue weighted by molar-refractivity contribution is 6.32. The number of rotatable bonds is 4. The quantitative estimate of drug-likeness (QED) is 0.801. The molecular formula is C17H14ClF3N2O2. The van der Waals surface area contributed by atoms with E-state index in [9.17, 15) is 18.0 Å². The molecule has 0 bridgehead atoms. The van der Waals surface area contributed by atoms with Crippen molar-refractivity contribution < 1.29 is 22.7 Å². The molecule has 1 amide bonds. The smallest absolute Gasteiger partial charge is 0.422 e. The van der Waals surface area contributed by atoms with E-state index in [1.54, 1.807) is 29.4 Å². The first-order chi connectivity index (χ1) is 11.8. The summed E-state index contributed by atoms with van der Waals surface area (Å²) in [6.45, 7) is 0.848. The monoisotopic (exact) mass is 370 g/mol. The van der Waals surface area contributed by atoms with Crippen LogP contribution in [0.4, 0.5) is 13.2 Å². The zero-order valence-corrected chi connectivity index (χ0v) is 13.9. The van der Waals surface area contributed by atoms with Crippen molar-refractivity contribution in [3.63, 3.8) is 0 Å². The Morgan fingerprint density at radius 2 is 2.12 bits per heavy atom. The van der Waals surface area contributed by atoms with Crippen LogP contribution in [0, 0.1) is 0 Å². The van der Waals surface area contributed by atoms with E-state index >= 15 is 0 Å². The molecule has 1 atom stereocenters. The van der Waals surface area contributed by atoms with Crippen molar-refractivity contribution in [3.8, 4) is 5.75 Å². The molecule has 1 aliphatic heterocycles. The summed E-state index contributed by atoms with van der Waals surface area (Å²) in [5, 5.41) is 0.0689. The zero-order chi connectivity index (χ0) is 18.2. The van der Waals surface area contributed by atoms with Crippen LogP contribution in [0.25, 0.3) is 0 Å². The lowest BCUT2D eigenvalue weighted by molar-refractivity contribution is -0.153. The van der Waals surface area contributed by atoms with Crippen molar-refractivity contribution in [2.45, 2.75) is 25.7 Å². The Labute approximate surface area is 147 Å². The molecule has 0 saturated carbocycles. The molecule has 0 saturated heterocycles. The number of hydrogen-bond donors (Lipinski definition) is 0. The third-order valence-electron chi connectivity index (χ3n) is 4.03. The molecule has 0 radical (unpaired) electrons. The molecule has 3 rings (SSSR count). The summed E-state index contributed by atoms with van der Waals surface area (Å²) in [5.74, 6) is -0.159. The molecule has 1 aromatic carbocycles. The lowest BCUT2D eigenvalue weighted by Crippen LogP contribution is -2.27. The standard InChI is InChI=1S/C17H14ClF3N2O2/c1-10(23-8-12-7-22-5-4-13(12)16(23)24)11-2-3-15(14(18)6-11)25-9-17(19,20)21/h2-7,10H,8-9H2,1H3. The number of ether oxygens (including phenoxy) is 1. The summed E-state index contributed by atoms with van der Waals surface area (Å²) in [4.78, 5) is 18.2. The Morgan fingerprint density at radius 3 is 2.76 bits per heavy atom. The molecule has 1 aliphatic rings. The van der Waals surface area contributed by atoms with E-state index in [1.165, 1.54) is 12.1 Å². The van der Waals surface area contributed by atoms with Gasteiger partial charge in [0.1, 0.15) is 5.75 Å². The summed E-state index contributed by atoms with van der Waals surface area (Å²) in [6.07, 6.45) is -1.22. The number of carbonyl (C=O) groups excluding carboxylic acids is 1. The summed E-state index contributed by atoms with van der Waals surface area (Å²) in [7, 11) is 0. The van der Waals surface area contributed by atoms with E-state index in [0.717, 1.165) is 5.56 Å². The molecule has 2 aromatic rings. The van der Waals surface area contributed by atoms with Gasteiger partial charge in [-0.05, 0) is 30.7 Å². The number of aromatic nitrogens is 1. The fourth-order valence-electron chi connectivity index (χ4n) is 2.72. The van der Waals surface area contributed by atoms with Gasteiger partial charge in [-0.15, -0.1) is 0 Å². The molecule has 8 heteroatoms. The highest BCUT2D eigenvalue weighted by atomic mass is 35.5. The normalized spacial score (nSPS) is 15.2. The summed E-state index contributed by atoms with van der Waals surface area (Å²) >= 11 is 6.03. The maximum absolute atomic E-state index is 12.5. The Morgan fingerprint density at radius 1 is 1.36 bits per heavy atom. The Hall–Kier alpha value is -2.28. The molecular weight excluding hydrogens is 357 g/mol. The molecule has 132 valence electrons. The van der Waals surface area contributed by atoms with Crippen LogP contribution in [0.15, 0.2) is 36.7 Å². The number of pyridine rings is 1. The number of amides is 1. The van der Waals surface area contributed by atoms with Gasteiger partial charge in [-0.1, -0.05) is 17.7 Å². The van der Waals surface area contributed by atoms with Crippen LogP contribution in [-0.2, 0) is 6.54 Å². The first kappa shape index (κ1) is 17.5. The number of carbonyl (C=O) groups is 1. The van der Waals surface area contributed by atoms with Gasteiger partial charge >= 0.3 is 6.18 Å². The van der Waals surface area contributed by atoms with Crippen molar-refractivity contribution in [1.82, 2.24) is 9.88 Å². The number of benzene rings is 1. The zero-order valence-electron chi connectivity index (χ0n) is 13.2. The minimum Gasteiger partial charge on any atom is -0.483 e. The number of halogens is 4. The Balaban J connectivity index is 1.76. The molecule has 0 spiro atoms. The SMILES string of the molecule is CC(c1ccc(OCC(F)(F)F)c(Cl)c1)N1Cc2cnccc2C1=O. The van der Waals surface area contributed by atoms with Crippen LogP contribution in [0.5, 0.6) is 5.75 Å². The summed E-state index contributed by atoms with van der Waals surface area (Å²) in [6, 6.07) is 5.89. The lowest BCUT2D eigenvalue weighted by atomic mass is 10.1. The molecule has 2 heterocycles. The second kappa shape index (κ2) is 6.55. The van der Waals surface area contributed by atoms with E-state index in [1.807, 2.05) is 6.92 Å². The highest BCUT2D eigenvalue weighted by Crippen LogP contribution is 2.34. The Kier molecular flexibility index (Phi) is 4.60. The van der Waals surface area contributed by atoms with Gasteiger partial charge < -0.3 is 9.64 Å². The van der Waals surface area contributed by atoms with Crippen LogP contribution < -0.4 is 4.74 Å². The Bertz CT molecular complexity index is 811. The van der Waals surface area contributed by atoms with Gasteiger partial charge in [0.25, 0.3) is 5.91 Å². The van der Waals surface area contributed by atoms with Gasteiger partial charge in [0.2, 0.25) is 0 Å². The van der Waals surface area contributed by atoms with E-state index in [0.29, 0.717) is 17.7 Å². The van der Waals surface area contributed by atoms with Gasteiger partial charge in [0.15, 0.2) is 6.61 Å². The fourth-order valence-corrected chi connectivity index (χ4v) is 2.96. The van der Waals surface area contributed by atoms with Gasteiger partial charge in [-0.25, -0.2) is 0 Å². The number of hydrogen-bond acceptors (Lipinski definition) is 3. The molecule has 0 aliphatic carbocycles. The second-order valence-electron chi connectivity index (χ2n) is 5.74. The fraction of sp³-hybridized carbons (Fsp3) is 0.294. The third kappa shape index (κ3) is 3.71. The summed E-state index contributed by atoms with van der Waals surface area (Å²) in [5.41, 5.74) is 2.16. The van der Waals surface area contributed by atoms with Crippen molar-refractivity contribution in [2.24, 2.45) is 0 Å². The van der Waals surface area contributed by atoms with Crippen LogP contribution in [-0.4, -0.2) is 28.6 Å². The van der Waals surface area contributed by atoms with Gasteiger partial charge in [0, 0.05) is 30.1 Å². The number of nitrogens with zero attached hydrogens (tertiary/aromatic N) is 2. The van der Waals surface area contributed by atoms with E-state index in [-0.39, 0.29) is 22.7 Å². The molecule has 1 aromatic heterocycles. The molecule has 0 N–H and O–H groups in total. The predicted molar refractivity (Wildman–Crippen MR) is 85.5 cm³/mol. The van der Waals surface area contributed by atoms with Crippen LogP contribution >= 0.6 is 11.6 Å². The van der Waals surface area contributed by atoms with Gasteiger partial charge in [-0.2, -0.15) is 13.2 Å². The topological polar surface area (TPSA) is 42.4 Å². The molecule has 0 fully saturated rings. The van der Waals surface area contributed by atoms with Crippen molar-refractivity contribution >= 4 is 17.5 Å². The van der Waals surface area contributed by atoms with Gasteiger partial charge in [-0.3, -0.25) is 9.78 Å². The van der Waals surface area contributed by atoms with E-state index in [4.69, 9.17) is 11.6 Å². The number of alkyl halides is 3. The minimum absolute atomic E-state index is 0.0461. The largest absolute Gasteiger partial charge is 0.483 e. The summed E-state index contributed by atoms with van der Waals surface area (Å²) < 4.78 is 41.4. The number of fused-ring (bicyclic) bond motifs is 1. The predicted octanol–water partition coefficient (Wildman–Crippen LogP) is 4.39. The molecule has 1 unspecified atom stereocenters. The van der Waals surface area contributed by atoms with E-state index in [2.05, 4.69) is 9.72 Å². The van der Waals surface area contributed by atoms with Crippen LogP contribution in [0.1, 0.15) is 34.5 Å².